The lowest BCUT2D eigenvalue weighted by molar-refractivity contribution is 0.175. The molecule has 0 aromatic heterocycles. The zero-order valence-electron chi connectivity index (χ0n) is 11.2. The second kappa shape index (κ2) is 6.30. The monoisotopic (exact) mass is 250 g/mol. The second-order valence-corrected chi connectivity index (χ2v) is 5.26. The number of halogens is 1. The highest BCUT2D eigenvalue weighted by Gasteiger charge is 2.17. The summed E-state index contributed by atoms with van der Waals surface area (Å²) in [5, 5.41) is 0. The highest BCUT2D eigenvalue weighted by Crippen LogP contribution is 2.21. The summed E-state index contributed by atoms with van der Waals surface area (Å²) in [7, 11) is 0. The zero-order valence-corrected chi connectivity index (χ0v) is 11.2. The van der Waals surface area contributed by atoms with Gasteiger partial charge >= 0.3 is 0 Å². The van der Waals surface area contributed by atoms with E-state index in [0.29, 0.717) is 5.56 Å². The van der Waals surface area contributed by atoms with Crippen LogP contribution in [-0.4, -0.2) is 18.0 Å². The maximum Gasteiger partial charge on any atom is 0.127 e. The SMILES string of the molecule is CCC1CCN(Cc2ccc(F)c(CN)c2)CC1. The number of piperidine rings is 1. The average Bonchev–Trinajstić information content (AvgIpc) is 2.42. The molecule has 100 valence electrons. The maximum absolute atomic E-state index is 13.4. The Hall–Kier alpha value is -0.930. The summed E-state index contributed by atoms with van der Waals surface area (Å²) < 4.78 is 13.4. The highest BCUT2D eigenvalue weighted by molar-refractivity contribution is 5.25. The van der Waals surface area contributed by atoms with Crippen LogP contribution >= 0.6 is 0 Å². The normalized spacial score (nSPS) is 18.2. The van der Waals surface area contributed by atoms with E-state index in [1.165, 1.54) is 30.9 Å². The van der Waals surface area contributed by atoms with E-state index in [2.05, 4.69) is 11.8 Å². The van der Waals surface area contributed by atoms with Crippen LogP contribution in [0, 0.1) is 11.7 Å². The van der Waals surface area contributed by atoms with Gasteiger partial charge in [-0.3, -0.25) is 4.90 Å². The number of hydrogen-bond donors (Lipinski definition) is 1. The molecule has 0 bridgehead atoms. The van der Waals surface area contributed by atoms with Crippen LogP contribution in [0.2, 0.25) is 0 Å². The van der Waals surface area contributed by atoms with Crippen LogP contribution in [0.25, 0.3) is 0 Å². The van der Waals surface area contributed by atoms with Gasteiger partial charge in [0.05, 0.1) is 0 Å². The van der Waals surface area contributed by atoms with Crippen molar-refractivity contribution in [2.75, 3.05) is 13.1 Å². The topological polar surface area (TPSA) is 29.3 Å². The molecule has 2 rings (SSSR count). The van der Waals surface area contributed by atoms with Crippen LogP contribution in [0.1, 0.15) is 37.3 Å². The molecule has 0 radical (unpaired) electrons. The van der Waals surface area contributed by atoms with Crippen LogP contribution < -0.4 is 5.73 Å². The van der Waals surface area contributed by atoms with Crippen molar-refractivity contribution in [3.8, 4) is 0 Å². The Labute approximate surface area is 109 Å². The molecule has 0 atom stereocenters. The van der Waals surface area contributed by atoms with Gasteiger partial charge in [0.1, 0.15) is 5.82 Å². The summed E-state index contributed by atoms with van der Waals surface area (Å²) in [4.78, 5) is 2.46. The lowest BCUT2D eigenvalue weighted by atomic mass is 9.94. The fraction of sp³-hybridized carbons (Fsp3) is 0.600. The first-order valence-corrected chi connectivity index (χ1v) is 6.92. The molecule has 0 unspecified atom stereocenters. The van der Waals surface area contributed by atoms with Gasteiger partial charge in [-0.1, -0.05) is 25.5 Å². The predicted octanol–water partition coefficient (Wildman–Crippen LogP) is 2.91. The molecule has 1 aromatic rings. The molecule has 1 aliphatic heterocycles. The van der Waals surface area contributed by atoms with Gasteiger partial charge in [0, 0.05) is 18.7 Å². The first-order chi connectivity index (χ1) is 8.72. The molecule has 0 amide bonds. The summed E-state index contributed by atoms with van der Waals surface area (Å²) in [6.07, 6.45) is 3.88. The molecule has 2 N–H and O–H groups in total. The van der Waals surface area contributed by atoms with Gasteiger partial charge in [-0.15, -0.1) is 0 Å². The van der Waals surface area contributed by atoms with Crippen LogP contribution in [0.15, 0.2) is 18.2 Å². The van der Waals surface area contributed by atoms with Crippen LogP contribution in [0.5, 0.6) is 0 Å². The van der Waals surface area contributed by atoms with E-state index in [0.717, 1.165) is 25.6 Å². The van der Waals surface area contributed by atoms with Gasteiger partial charge in [0.25, 0.3) is 0 Å². The molecule has 3 heteroatoms. The maximum atomic E-state index is 13.4. The van der Waals surface area contributed by atoms with Crippen molar-refractivity contribution in [3.63, 3.8) is 0 Å². The third kappa shape index (κ3) is 3.30. The summed E-state index contributed by atoms with van der Waals surface area (Å²) in [6, 6.07) is 5.32. The molecule has 1 saturated heterocycles. The number of rotatable bonds is 4. The molecule has 1 fully saturated rings. The number of benzene rings is 1. The molecule has 18 heavy (non-hydrogen) atoms. The van der Waals surface area contributed by atoms with Crippen molar-refractivity contribution >= 4 is 0 Å². The van der Waals surface area contributed by atoms with Crippen LogP contribution in [0.4, 0.5) is 4.39 Å². The second-order valence-electron chi connectivity index (χ2n) is 5.26. The first kappa shape index (κ1) is 13.5. The van der Waals surface area contributed by atoms with Crippen molar-refractivity contribution in [1.82, 2.24) is 4.90 Å². The third-order valence-electron chi connectivity index (χ3n) is 4.02. The number of hydrogen-bond acceptors (Lipinski definition) is 2. The molecule has 2 nitrogen and oxygen atoms in total. The lowest BCUT2D eigenvalue weighted by Gasteiger charge is -2.31. The Bertz CT molecular complexity index is 384. The average molecular weight is 250 g/mol. The summed E-state index contributed by atoms with van der Waals surface area (Å²) in [5.74, 6) is 0.708. The van der Waals surface area contributed by atoms with Gasteiger partial charge in [-0.25, -0.2) is 4.39 Å². The van der Waals surface area contributed by atoms with Gasteiger partial charge in [0.2, 0.25) is 0 Å². The minimum atomic E-state index is -0.189. The van der Waals surface area contributed by atoms with Gasteiger partial charge in [-0.2, -0.15) is 0 Å². The van der Waals surface area contributed by atoms with E-state index in [1.807, 2.05) is 12.1 Å². The molecule has 1 aliphatic rings. The van der Waals surface area contributed by atoms with E-state index in [-0.39, 0.29) is 12.4 Å². The van der Waals surface area contributed by atoms with Crippen molar-refractivity contribution in [2.45, 2.75) is 39.3 Å². The molecule has 0 saturated carbocycles. The lowest BCUT2D eigenvalue weighted by Crippen LogP contribution is -2.33. The van der Waals surface area contributed by atoms with Crippen molar-refractivity contribution in [2.24, 2.45) is 11.7 Å². The Morgan fingerprint density at radius 2 is 2.06 bits per heavy atom. The van der Waals surface area contributed by atoms with E-state index < -0.39 is 0 Å². The van der Waals surface area contributed by atoms with Gasteiger partial charge in [0.15, 0.2) is 0 Å². The minimum absolute atomic E-state index is 0.189. The first-order valence-electron chi connectivity index (χ1n) is 6.92. The largest absolute Gasteiger partial charge is 0.326 e. The Morgan fingerprint density at radius 1 is 1.33 bits per heavy atom. The molecule has 1 heterocycles. The predicted molar refractivity (Wildman–Crippen MR) is 72.6 cm³/mol. The smallest absolute Gasteiger partial charge is 0.127 e. The van der Waals surface area contributed by atoms with E-state index in [1.54, 1.807) is 0 Å². The molecular formula is C15H23FN2. The molecule has 0 aliphatic carbocycles. The van der Waals surface area contributed by atoms with Gasteiger partial charge < -0.3 is 5.73 Å². The fourth-order valence-corrected chi connectivity index (χ4v) is 2.69. The zero-order chi connectivity index (χ0) is 13.0. The standard InChI is InChI=1S/C15H23FN2/c1-2-12-5-7-18(8-6-12)11-13-3-4-15(16)14(9-13)10-17/h3-4,9,12H,2,5-8,10-11,17H2,1H3. The van der Waals surface area contributed by atoms with Crippen LogP contribution in [0.3, 0.4) is 0 Å². The summed E-state index contributed by atoms with van der Waals surface area (Å²) >= 11 is 0. The van der Waals surface area contributed by atoms with E-state index >= 15 is 0 Å². The van der Waals surface area contributed by atoms with E-state index in [9.17, 15) is 4.39 Å². The number of likely N-dealkylation sites (tertiary alicyclic amines) is 1. The summed E-state index contributed by atoms with van der Waals surface area (Å²) in [5.41, 5.74) is 7.33. The quantitative estimate of drug-likeness (QED) is 0.890. The summed E-state index contributed by atoms with van der Waals surface area (Å²) in [6.45, 7) is 5.79. The number of nitrogens with zero attached hydrogens (tertiary/aromatic N) is 1. The molecular weight excluding hydrogens is 227 g/mol. The van der Waals surface area contributed by atoms with Gasteiger partial charge in [-0.05, 0) is 43.5 Å². The van der Waals surface area contributed by atoms with E-state index in [4.69, 9.17) is 5.73 Å². The van der Waals surface area contributed by atoms with Crippen molar-refractivity contribution in [1.29, 1.82) is 0 Å². The Kier molecular flexibility index (Phi) is 4.72. The Morgan fingerprint density at radius 3 is 2.67 bits per heavy atom. The van der Waals surface area contributed by atoms with Crippen molar-refractivity contribution < 1.29 is 4.39 Å². The van der Waals surface area contributed by atoms with Crippen molar-refractivity contribution in [3.05, 3.63) is 35.1 Å². The molecule has 0 spiro atoms. The highest BCUT2D eigenvalue weighted by atomic mass is 19.1. The fourth-order valence-electron chi connectivity index (χ4n) is 2.69. The third-order valence-corrected chi connectivity index (χ3v) is 4.02. The molecule has 1 aromatic carbocycles. The Balaban J connectivity index is 1.94. The van der Waals surface area contributed by atoms with Crippen LogP contribution in [-0.2, 0) is 13.1 Å². The number of nitrogens with two attached hydrogens (primary N) is 1. The minimum Gasteiger partial charge on any atom is -0.326 e.